The summed E-state index contributed by atoms with van der Waals surface area (Å²) < 4.78 is 0. The number of hydrogen-bond donors (Lipinski definition) is 1. The molecule has 2 nitrogen and oxygen atoms in total. The second-order valence-electron chi connectivity index (χ2n) is 6.67. The Hall–Kier alpha value is -0.0800. The molecule has 1 saturated carbocycles. The Morgan fingerprint density at radius 1 is 0.850 bits per heavy atom. The van der Waals surface area contributed by atoms with Crippen LogP contribution in [0.2, 0.25) is 0 Å². The highest BCUT2D eigenvalue weighted by molar-refractivity contribution is 4.81. The fourth-order valence-corrected chi connectivity index (χ4v) is 3.51. The quantitative estimate of drug-likeness (QED) is 0.558. The van der Waals surface area contributed by atoms with Gasteiger partial charge in [-0.3, -0.25) is 0 Å². The lowest BCUT2D eigenvalue weighted by Crippen LogP contribution is -2.41. The summed E-state index contributed by atoms with van der Waals surface area (Å²) in [5, 5.41) is 3.60. The Bertz CT molecular complexity index is 209. The number of nitrogens with one attached hydrogen (secondary N) is 1. The van der Waals surface area contributed by atoms with Crippen LogP contribution in [0.25, 0.3) is 0 Å². The second kappa shape index (κ2) is 11.6. The maximum Gasteiger partial charge on any atom is 0.00933 e. The van der Waals surface area contributed by atoms with Crippen molar-refractivity contribution in [2.45, 2.75) is 96.6 Å². The Labute approximate surface area is 127 Å². The highest BCUT2D eigenvalue weighted by Crippen LogP contribution is 2.22. The third-order valence-electron chi connectivity index (χ3n) is 4.93. The van der Waals surface area contributed by atoms with Crippen molar-refractivity contribution < 1.29 is 0 Å². The van der Waals surface area contributed by atoms with Gasteiger partial charge in [-0.2, -0.15) is 0 Å². The van der Waals surface area contributed by atoms with Crippen molar-refractivity contribution in [2.24, 2.45) is 0 Å². The van der Waals surface area contributed by atoms with Crippen molar-refractivity contribution in [2.75, 3.05) is 20.1 Å². The molecule has 2 heteroatoms. The molecule has 0 radical (unpaired) electrons. The molecule has 0 saturated heterocycles. The van der Waals surface area contributed by atoms with E-state index in [2.05, 4.69) is 31.1 Å². The summed E-state index contributed by atoms with van der Waals surface area (Å²) in [7, 11) is 2.34. The van der Waals surface area contributed by atoms with Gasteiger partial charge in [0, 0.05) is 12.1 Å². The zero-order valence-electron chi connectivity index (χ0n) is 14.3. The largest absolute Gasteiger partial charge is 0.314 e. The summed E-state index contributed by atoms with van der Waals surface area (Å²) in [6, 6.07) is 1.65. The monoisotopic (exact) mass is 282 g/mol. The number of rotatable bonds is 11. The first-order chi connectivity index (χ1) is 9.77. The van der Waals surface area contributed by atoms with E-state index in [0.29, 0.717) is 0 Å². The van der Waals surface area contributed by atoms with Gasteiger partial charge < -0.3 is 10.2 Å². The van der Waals surface area contributed by atoms with E-state index >= 15 is 0 Å². The topological polar surface area (TPSA) is 15.3 Å². The molecule has 120 valence electrons. The van der Waals surface area contributed by atoms with Crippen molar-refractivity contribution in [3.05, 3.63) is 0 Å². The van der Waals surface area contributed by atoms with Crippen molar-refractivity contribution in [1.29, 1.82) is 0 Å². The zero-order valence-corrected chi connectivity index (χ0v) is 14.3. The lowest BCUT2D eigenvalue weighted by Gasteiger charge is -2.35. The van der Waals surface area contributed by atoms with Gasteiger partial charge in [0.15, 0.2) is 0 Å². The molecule has 0 unspecified atom stereocenters. The molecule has 0 spiro atoms. The molecule has 0 heterocycles. The van der Waals surface area contributed by atoms with Gasteiger partial charge >= 0.3 is 0 Å². The van der Waals surface area contributed by atoms with E-state index in [0.717, 1.165) is 18.6 Å². The van der Waals surface area contributed by atoms with Gasteiger partial charge in [-0.25, -0.2) is 0 Å². The molecule has 0 atom stereocenters. The fourth-order valence-electron chi connectivity index (χ4n) is 3.51. The summed E-state index contributed by atoms with van der Waals surface area (Å²) in [6.45, 7) is 6.95. The molecule has 0 aromatic rings. The van der Waals surface area contributed by atoms with E-state index in [1.54, 1.807) is 0 Å². The van der Waals surface area contributed by atoms with Crippen LogP contribution in [-0.2, 0) is 0 Å². The lowest BCUT2D eigenvalue weighted by molar-refractivity contribution is 0.172. The predicted octanol–water partition coefficient (Wildman–Crippen LogP) is 4.59. The Morgan fingerprint density at radius 2 is 1.45 bits per heavy atom. The highest BCUT2D eigenvalue weighted by atomic mass is 15.1. The number of hydrogen-bond acceptors (Lipinski definition) is 2. The van der Waals surface area contributed by atoms with E-state index in [1.165, 1.54) is 77.2 Å². The zero-order chi connectivity index (χ0) is 14.6. The molecule has 1 rings (SSSR count). The highest BCUT2D eigenvalue weighted by Gasteiger charge is 2.22. The van der Waals surface area contributed by atoms with Crippen LogP contribution < -0.4 is 5.32 Å². The van der Waals surface area contributed by atoms with Gasteiger partial charge in [0.05, 0.1) is 0 Å². The third-order valence-corrected chi connectivity index (χ3v) is 4.93. The first kappa shape index (κ1) is 18.0. The normalized spacial score (nSPS) is 23.4. The molecular formula is C18H38N2. The van der Waals surface area contributed by atoms with Gasteiger partial charge in [-0.1, -0.05) is 52.4 Å². The van der Waals surface area contributed by atoms with Gasteiger partial charge in [0.2, 0.25) is 0 Å². The first-order valence-corrected chi connectivity index (χ1v) is 9.21. The van der Waals surface area contributed by atoms with Crippen molar-refractivity contribution in [1.82, 2.24) is 10.2 Å². The SMILES string of the molecule is CCCCCCCCCN(C)C1CCC(NCC)CC1. The van der Waals surface area contributed by atoms with Gasteiger partial charge in [0.25, 0.3) is 0 Å². The molecule has 0 aromatic carbocycles. The van der Waals surface area contributed by atoms with Crippen molar-refractivity contribution in [3.8, 4) is 0 Å². The molecule has 1 aliphatic rings. The summed E-state index contributed by atoms with van der Waals surface area (Å²) >= 11 is 0. The van der Waals surface area contributed by atoms with Gasteiger partial charge in [0.1, 0.15) is 0 Å². The van der Waals surface area contributed by atoms with Gasteiger partial charge in [-0.05, 0) is 52.2 Å². The van der Waals surface area contributed by atoms with E-state index < -0.39 is 0 Å². The van der Waals surface area contributed by atoms with E-state index in [9.17, 15) is 0 Å². The van der Waals surface area contributed by atoms with Crippen LogP contribution in [-0.4, -0.2) is 37.1 Å². The molecule has 1 N–H and O–H groups in total. The molecule has 0 amide bonds. The fraction of sp³-hybridized carbons (Fsp3) is 1.00. The van der Waals surface area contributed by atoms with Crippen LogP contribution in [0.15, 0.2) is 0 Å². The van der Waals surface area contributed by atoms with E-state index in [4.69, 9.17) is 0 Å². The standard InChI is InChI=1S/C18H38N2/c1-4-6-7-8-9-10-11-16-20(3)18-14-12-17(13-15-18)19-5-2/h17-19H,4-16H2,1-3H3. The molecule has 0 aromatic heterocycles. The summed E-state index contributed by atoms with van der Waals surface area (Å²) in [4.78, 5) is 2.63. The van der Waals surface area contributed by atoms with Crippen LogP contribution in [0.5, 0.6) is 0 Å². The molecule has 1 aliphatic carbocycles. The van der Waals surface area contributed by atoms with Gasteiger partial charge in [-0.15, -0.1) is 0 Å². The second-order valence-corrected chi connectivity index (χ2v) is 6.67. The number of nitrogens with zero attached hydrogens (tertiary/aromatic N) is 1. The Morgan fingerprint density at radius 3 is 2.05 bits per heavy atom. The summed E-state index contributed by atoms with van der Waals surface area (Å²) in [6.07, 6.45) is 15.5. The molecular weight excluding hydrogens is 244 g/mol. The maximum absolute atomic E-state index is 3.60. The average Bonchev–Trinajstić information content (AvgIpc) is 2.47. The lowest BCUT2D eigenvalue weighted by atomic mass is 9.90. The molecule has 0 bridgehead atoms. The summed E-state index contributed by atoms with van der Waals surface area (Å²) in [5.74, 6) is 0. The van der Waals surface area contributed by atoms with E-state index in [-0.39, 0.29) is 0 Å². The summed E-state index contributed by atoms with van der Waals surface area (Å²) in [5.41, 5.74) is 0. The molecule has 1 fully saturated rings. The van der Waals surface area contributed by atoms with Crippen LogP contribution in [0.4, 0.5) is 0 Å². The third kappa shape index (κ3) is 7.64. The number of unbranched alkanes of at least 4 members (excludes halogenated alkanes) is 6. The minimum Gasteiger partial charge on any atom is -0.314 e. The maximum atomic E-state index is 3.60. The molecule has 20 heavy (non-hydrogen) atoms. The van der Waals surface area contributed by atoms with E-state index in [1.807, 2.05) is 0 Å². The minimum atomic E-state index is 0.795. The van der Waals surface area contributed by atoms with Crippen LogP contribution in [0, 0.1) is 0 Å². The minimum absolute atomic E-state index is 0.795. The van der Waals surface area contributed by atoms with Crippen LogP contribution in [0.3, 0.4) is 0 Å². The molecule has 0 aliphatic heterocycles. The van der Waals surface area contributed by atoms with Crippen molar-refractivity contribution >= 4 is 0 Å². The first-order valence-electron chi connectivity index (χ1n) is 9.21. The Balaban J connectivity index is 1.98. The van der Waals surface area contributed by atoms with Crippen LogP contribution in [0.1, 0.15) is 84.5 Å². The predicted molar refractivity (Wildman–Crippen MR) is 90.3 cm³/mol. The van der Waals surface area contributed by atoms with Crippen LogP contribution >= 0.6 is 0 Å². The smallest absolute Gasteiger partial charge is 0.00933 e. The Kier molecular flexibility index (Phi) is 10.4. The van der Waals surface area contributed by atoms with Crippen molar-refractivity contribution in [3.63, 3.8) is 0 Å². The average molecular weight is 283 g/mol.